The molecule has 0 radical (unpaired) electrons. The molecule has 2 aromatic carbocycles. The summed E-state index contributed by atoms with van der Waals surface area (Å²) in [5.41, 5.74) is -0.498. The highest BCUT2D eigenvalue weighted by molar-refractivity contribution is 5.74. The number of para-hydroxylation sites is 4. The molecule has 0 saturated heterocycles. The molecule has 0 amide bonds. The van der Waals surface area contributed by atoms with Crippen LogP contribution in [0.25, 0.3) is 0 Å². The zero-order valence-corrected chi connectivity index (χ0v) is 17.4. The Balaban J connectivity index is 1.56. The summed E-state index contributed by atoms with van der Waals surface area (Å²) in [6.07, 6.45) is 4.80. The van der Waals surface area contributed by atoms with Gasteiger partial charge in [0.15, 0.2) is 0 Å². The molecular formula is C22H24N2O8. The number of hydrogen-bond acceptors (Lipinski definition) is 8. The van der Waals surface area contributed by atoms with Crippen LogP contribution in [0.3, 0.4) is 0 Å². The number of carbonyl (C=O) groups excluding carboxylic acids is 2. The SMILES string of the molecule is O=C(CCCCCCCCC(=O)Oc1ccccc1[N+](=O)[O-])Oc1ccccc1[N+](=O)[O-]. The number of esters is 2. The Hall–Kier alpha value is -3.82. The second-order valence-electron chi connectivity index (χ2n) is 7.02. The number of rotatable bonds is 13. The molecule has 0 fully saturated rings. The molecule has 0 aliphatic carbocycles. The summed E-state index contributed by atoms with van der Waals surface area (Å²) in [4.78, 5) is 44.4. The lowest BCUT2D eigenvalue weighted by molar-refractivity contribution is -0.385. The smallest absolute Gasteiger partial charge is 0.311 e. The Kier molecular flexibility index (Phi) is 9.76. The molecule has 2 rings (SSSR count). The van der Waals surface area contributed by atoms with Crippen molar-refractivity contribution in [1.82, 2.24) is 0 Å². The number of benzene rings is 2. The third kappa shape index (κ3) is 8.13. The van der Waals surface area contributed by atoms with Gasteiger partial charge in [0.05, 0.1) is 9.85 Å². The van der Waals surface area contributed by atoms with Crippen molar-refractivity contribution in [3.63, 3.8) is 0 Å². The van der Waals surface area contributed by atoms with Gasteiger partial charge in [0.2, 0.25) is 11.5 Å². The molecule has 0 heterocycles. The summed E-state index contributed by atoms with van der Waals surface area (Å²) in [6.45, 7) is 0. The molecule has 10 nitrogen and oxygen atoms in total. The maximum Gasteiger partial charge on any atom is 0.311 e. The van der Waals surface area contributed by atoms with Crippen LogP contribution in [0.5, 0.6) is 11.5 Å². The first-order valence-corrected chi connectivity index (χ1v) is 10.3. The standard InChI is InChI=1S/C22H24N2O8/c25-21(31-19-13-9-7-11-17(19)23(27)28)15-5-3-1-2-4-6-16-22(26)32-20-14-10-8-12-18(20)24(29)30/h7-14H,1-6,15-16H2. The lowest BCUT2D eigenvalue weighted by Crippen LogP contribution is -2.09. The third-order valence-electron chi connectivity index (χ3n) is 4.58. The largest absolute Gasteiger partial charge is 0.419 e. The van der Waals surface area contributed by atoms with E-state index >= 15 is 0 Å². The van der Waals surface area contributed by atoms with Crippen LogP contribution in [0.2, 0.25) is 0 Å². The molecule has 0 bridgehead atoms. The Morgan fingerprint density at radius 1 is 0.625 bits per heavy atom. The van der Waals surface area contributed by atoms with E-state index in [1.165, 1.54) is 36.4 Å². The van der Waals surface area contributed by atoms with Crippen LogP contribution < -0.4 is 9.47 Å². The van der Waals surface area contributed by atoms with Crippen molar-refractivity contribution in [2.24, 2.45) is 0 Å². The summed E-state index contributed by atoms with van der Waals surface area (Å²) < 4.78 is 10.2. The van der Waals surface area contributed by atoms with E-state index in [1.807, 2.05) is 0 Å². The van der Waals surface area contributed by atoms with Gasteiger partial charge in [-0.15, -0.1) is 0 Å². The average molecular weight is 444 g/mol. The Morgan fingerprint density at radius 3 is 1.34 bits per heavy atom. The fraction of sp³-hybridized carbons (Fsp3) is 0.364. The van der Waals surface area contributed by atoms with E-state index in [1.54, 1.807) is 12.1 Å². The highest BCUT2D eigenvalue weighted by Crippen LogP contribution is 2.27. The lowest BCUT2D eigenvalue weighted by Gasteiger charge is -2.06. The average Bonchev–Trinajstić information content (AvgIpc) is 2.76. The number of unbranched alkanes of at least 4 members (excludes halogenated alkanes) is 5. The molecule has 2 aromatic rings. The second kappa shape index (κ2) is 12.8. The summed E-state index contributed by atoms with van der Waals surface area (Å²) in [6, 6.07) is 11.5. The van der Waals surface area contributed by atoms with E-state index in [4.69, 9.17) is 9.47 Å². The minimum atomic E-state index is -0.598. The first kappa shape index (κ1) is 24.4. The van der Waals surface area contributed by atoms with Gasteiger partial charge in [0.1, 0.15) is 0 Å². The van der Waals surface area contributed by atoms with Crippen LogP contribution in [0.15, 0.2) is 48.5 Å². The molecule has 0 N–H and O–H groups in total. The fourth-order valence-electron chi connectivity index (χ4n) is 2.98. The zero-order chi connectivity index (χ0) is 23.3. The molecule has 0 aliphatic rings. The highest BCUT2D eigenvalue weighted by atomic mass is 16.6. The van der Waals surface area contributed by atoms with Gasteiger partial charge in [0.25, 0.3) is 0 Å². The molecule has 0 unspecified atom stereocenters. The predicted octanol–water partition coefficient (Wildman–Crippen LogP) is 5.13. The van der Waals surface area contributed by atoms with E-state index in [0.29, 0.717) is 12.8 Å². The van der Waals surface area contributed by atoms with Crippen molar-refractivity contribution in [2.45, 2.75) is 51.4 Å². The van der Waals surface area contributed by atoms with E-state index in [9.17, 15) is 29.8 Å². The molecule has 0 saturated carbocycles. The highest BCUT2D eigenvalue weighted by Gasteiger charge is 2.17. The van der Waals surface area contributed by atoms with Crippen LogP contribution in [-0.2, 0) is 9.59 Å². The monoisotopic (exact) mass is 444 g/mol. The number of nitrogens with zero attached hydrogens (tertiary/aromatic N) is 2. The minimum absolute atomic E-state index is 0.0600. The number of ether oxygens (including phenoxy) is 2. The van der Waals surface area contributed by atoms with Crippen LogP contribution >= 0.6 is 0 Å². The zero-order valence-electron chi connectivity index (χ0n) is 17.4. The van der Waals surface area contributed by atoms with Crippen molar-refractivity contribution >= 4 is 23.3 Å². The summed E-state index contributed by atoms with van der Waals surface area (Å²) in [7, 11) is 0. The number of hydrogen-bond donors (Lipinski definition) is 0. The van der Waals surface area contributed by atoms with Crippen molar-refractivity contribution in [2.75, 3.05) is 0 Å². The Morgan fingerprint density at radius 2 is 0.969 bits per heavy atom. The van der Waals surface area contributed by atoms with Crippen LogP contribution in [-0.4, -0.2) is 21.8 Å². The van der Waals surface area contributed by atoms with Gasteiger partial charge in [-0.05, 0) is 25.0 Å². The molecular weight excluding hydrogens is 420 g/mol. The van der Waals surface area contributed by atoms with Gasteiger partial charge in [0, 0.05) is 25.0 Å². The molecule has 0 atom stereocenters. The molecule has 10 heteroatoms. The van der Waals surface area contributed by atoms with Crippen LogP contribution in [0.4, 0.5) is 11.4 Å². The summed E-state index contributed by atoms with van der Waals surface area (Å²) >= 11 is 0. The number of nitro groups is 2. The minimum Gasteiger partial charge on any atom is -0.419 e. The molecule has 0 spiro atoms. The summed E-state index contributed by atoms with van der Waals surface area (Å²) in [5.74, 6) is -1.15. The van der Waals surface area contributed by atoms with Crippen molar-refractivity contribution < 1.29 is 28.9 Å². The van der Waals surface area contributed by atoms with Gasteiger partial charge in [-0.2, -0.15) is 0 Å². The van der Waals surface area contributed by atoms with Gasteiger partial charge >= 0.3 is 23.3 Å². The van der Waals surface area contributed by atoms with Gasteiger partial charge in [-0.3, -0.25) is 29.8 Å². The topological polar surface area (TPSA) is 139 Å². The van der Waals surface area contributed by atoms with Gasteiger partial charge < -0.3 is 9.47 Å². The third-order valence-corrected chi connectivity index (χ3v) is 4.58. The van der Waals surface area contributed by atoms with Gasteiger partial charge in [-0.25, -0.2) is 0 Å². The summed E-state index contributed by atoms with van der Waals surface area (Å²) in [5, 5.41) is 21.8. The van der Waals surface area contributed by atoms with Crippen LogP contribution in [0, 0.1) is 20.2 Å². The van der Waals surface area contributed by atoms with Crippen molar-refractivity contribution in [1.29, 1.82) is 0 Å². The number of carbonyl (C=O) groups is 2. The molecule has 0 aromatic heterocycles. The first-order valence-electron chi connectivity index (χ1n) is 10.3. The lowest BCUT2D eigenvalue weighted by atomic mass is 10.1. The first-order chi connectivity index (χ1) is 15.4. The van der Waals surface area contributed by atoms with Crippen molar-refractivity contribution in [3.8, 4) is 11.5 Å². The van der Waals surface area contributed by atoms with E-state index < -0.39 is 21.8 Å². The quantitative estimate of drug-likeness (QED) is 0.136. The fourth-order valence-corrected chi connectivity index (χ4v) is 2.98. The van der Waals surface area contributed by atoms with Gasteiger partial charge in [-0.1, -0.05) is 49.9 Å². The normalized spacial score (nSPS) is 10.4. The van der Waals surface area contributed by atoms with E-state index in [0.717, 1.165) is 25.7 Å². The maximum atomic E-state index is 11.9. The molecule has 32 heavy (non-hydrogen) atoms. The maximum absolute atomic E-state index is 11.9. The van der Waals surface area contributed by atoms with E-state index in [-0.39, 0.29) is 35.7 Å². The van der Waals surface area contributed by atoms with Crippen LogP contribution in [0.1, 0.15) is 51.4 Å². The Bertz CT molecular complexity index is 883. The molecule has 0 aliphatic heterocycles. The molecule has 170 valence electrons. The number of nitro benzene ring substituents is 2. The Labute approximate surface area is 184 Å². The van der Waals surface area contributed by atoms with E-state index in [2.05, 4.69) is 0 Å². The predicted molar refractivity (Wildman–Crippen MR) is 114 cm³/mol. The van der Waals surface area contributed by atoms with Crippen molar-refractivity contribution in [3.05, 3.63) is 68.8 Å². The second-order valence-corrected chi connectivity index (χ2v) is 7.02.